The average Bonchev–Trinajstić information content (AvgIpc) is 2.96. The van der Waals surface area contributed by atoms with E-state index < -0.39 is 0 Å². The Bertz CT molecular complexity index is 896. The molecule has 1 amide bonds. The quantitative estimate of drug-likeness (QED) is 0.690. The van der Waals surface area contributed by atoms with Crippen molar-refractivity contribution in [3.05, 3.63) is 71.7 Å². The first-order valence-corrected chi connectivity index (χ1v) is 9.02. The van der Waals surface area contributed by atoms with Crippen LogP contribution in [0, 0.1) is 11.7 Å². The number of para-hydroxylation sites is 1. The fourth-order valence-electron chi connectivity index (χ4n) is 3.33. The fourth-order valence-corrected chi connectivity index (χ4v) is 3.33. The number of aryl methyl sites for hydroxylation is 1. The van der Waals surface area contributed by atoms with Crippen molar-refractivity contribution in [3.8, 4) is 0 Å². The number of nitrogens with one attached hydrogen (secondary N) is 1. The minimum atomic E-state index is -0.269. The molecular weight excluding hydrogens is 327 g/mol. The van der Waals surface area contributed by atoms with Crippen molar-refractivity contribution in [3.63, 3.8) is 0 Å². The van der Waals surface area contributed by atoms with Crippen LogP contribution in [0.5, 0.6) is 0 Å². The molecule has 0 aliphatic heterocycles. The summed E-state index contributed by atoms with van der Waals surface area (Å²) < 4.78 is 15.5. The van der Waals surface area contributed by atoms with Crippen LogP contribution in [0.1, 0.15) is 37.3 Å². The predicted octanol–water partition coefficient (Wildman–Crippen LogP) is 4.61. The Balaban J connectivity index is 1.99. The number of carbonyl (C=O) groups is 1. The second-order valence-corrected chi connectivity index (χ2v) is 7.22. The average molecular weight is 352 g/mol. The van der Waals surface area contributed by atoms with Gasteiger partial charge in [-0.15, -0.1) is 0 Å². The molecule has 0 aliphatic rings. The lowest BCUT2D eigenvalue weighted by Crippen LogP contribution is -2.28. The van der Waals surface area contributed by atoms with Crippen molar-refractivity contribution in [1.82, 2.24) is 9.88 Å². The van der Waals surface area contributed by atoms with E-state index in [9.17, 15) is 9.18 Å². The molecule has 1 N–H and O–H groups in total. The third-order valence-electron chi connectivity index (χ3n) is 4.67. The molecule has 0 saturated carbocycles. The van der Waals surface area contributed by atoms with Gasteiger partial charge in [-0.05, 0) is 35.2 Å². The summed E-state index contributed by atoms with van der Waals surface area (Å²) in [6.45, 7) is 4.80. The number of fused-ring (bicyclic) bond motifs is 1. The van der Waals surface area contributed by atoms with E-state index in [-0.39, 0.29) is 17.6 Å². The standard InChI is InChI=1S/C22H25FN2O/c1-15(2)13-24-22(26)12-19(16-8-10-17(23)11-9-16)20-14-25(3)21-7-5-4-6-18(20)21/h4-11,14-15,19H,12-13H2,1-3H3,(H,24,26). The van der Waals surface area contributed by atoms with Crippen LogP contribution in [0.15, 0.2) is 54.7 Å². The van der Waals surface area contributed by atoms with Crippen LogP contribution in [0.3, 0.4) is 0 Å². The fraction of sp³-hybridized carbons (Fsp3) is 0.318. The minimum Gasteiger partial charge on any atom is -0.356 e. The zero-order valence-corrected chi connectivity index (χ0v) is 15.5. The molecule has 0 fully saturated rings. The molecule has 0 saturated heterocycles. The van der Waals surface area contributed by atoms with Gasteiger partial charge in [0.15, 0.2) is 0 Å². The van der Waals surface area contributed by atoms with Crippen molar-refractivity contribution in [2.24, 2.45) is 13.0 Å². The number of rotatable bonds is 6. The number of benzene rings is 2. The van der Waals surface area contributed by atoms with E-state index in [4.69, 9.17) is 0 Å². The number of hydrogen-bond donors (Lipinski definition) is 1. The predicted molar refractivity (Wildman–Crippen MR) is 104 cm³/mol. The van der Waals surface area contributed by atoms with Crippen LogP contribution >= 0.6 is 0 Å². The molecule has 3 aromatic rings. The third kappa shape index (κ3) is 3.96. The van der Waals surface area contributed by atoms with E-state index in [0.717, 1.165) is 22.0 Å². The van der Waals surface area contributed by atoms with Crippen molar-refractivity contribution >= 4 is 16.8 Å². The van der Waals surface area contributed by atoms with E-state index in [1.807, 2.05) is 19.2 Å². The summed E-state index contributed by atoms with van der Waals surface area (Å²) in [4.78, 5) is 12.5. The summed E-state index contributed by atoms with van der Waals surface area (Å²) in [6, 6.07) is 14.6. The van der Waals surface area contributed by atoms with Crippen LogP contribution in [0.25, 0.3) is 10.9 Å². The van der Waals surface area contributed by atoms with Crippen molar-refractivity contribution in [1.29, 1.82) is 0 Å². The van der Waals surface area contributed by atoms with E-state index >= 15 is 0 Å². The minimum absolute atomic E-state index is 0.0148. The molecule has 4 heteroatoms. The van der Waals surface area contributed by atoms with Gasteiger partial charge in [0.1, 0.15) is 5.82 Å². The van der Waals surface area contributed by atoms with Gasteiger partial charge in [-0.3, -0.25) is 4.79 Å². The number of halogens is 1. The summed E-state index contributed by atoms with van der Waals surface area (Å²) in [5.41, 5.74) is 3.16. The molecule has 1 heterocycles. The van der Waals surface area contributed by atoms with Gasteiger partial charge in [0.05, 0.1) is 0 Å². The molecule has 26 heavy (non-hydrogen) atoms. The topological polar surface area (TPSA) is 34.0 Å². The smallest absolute Gasteiger partial charge is 0.220 e. The highest BCUT2D eigenvalue weighted by Crippen LogP contribution is 2.34. The molecular formula is C22H25FN2O. The zero-order chi connectivity index (χ0) is 18.7. The SMILES string of the molecule is CC(C)CNC(=O)CC(c1ccc(F)cc1)c1cn(C)c2ccccc12. The van der Waals surface area contributed by atoms with Gasteiger partial charge >= 0.3 is 0 Å². The Morgan fingerprint density at radius 2 is 1.81 bits per heavy atom. The van der Waals surface area contributed by atoms with Crippen LogP contribution in [-0.2, 0) is 11.8 Å². The molecule has 3 nitrogen and oxygen atoms in total. The first kappa shape index (κ1) is 18.2. The molecule has 1 atom stereocenters. The van der Waals surface area contributed by atoms with E-state index in [2.05, 4.69) is 42.1 Å². The summed E-state index contributed by atoms with van der Waals surface area (Å²) in [5.74, 6) is 0.0327. The van der Waals surface area contributed by atoms with E-state index in [0.29, 0.717) is 18.9 Å². The zero-order valence-electron chi connectivity index (χ0n) is 15.5. The van der Waals surface area contributed by atoms with Crippen molar-refractivity contribution in [2.45, 2.75) is 26.2 Å². The van der Waals surface area contributed by atoms with Crippen LogP contribution in [-0.4, -0.2) is 17.0 Å². The first-order chi connectivity index (χ1) is 12.5. The Morgan fingerprint density at radius 1 is 1.12 bits per heavy atom. The Morgan fingerprint density at radius 3 is 2.50 bits per heavy atom. The Hall–Kier alpha value is -2.62. The molecule has 1 aromatic heterocycles. The van der Waals surface area contributed by atoms with E-state index in [1.54, 1.807) is 12.1 Å². The summed E-state index contributed by atoms with van der Waals surface area (Å²) in [6.07, 6.45) is 2.42. The molecule has 1 unspecified atom stereocenters. The van der Waals surface area contributed by atoms with Crippen molar-refractivity contribution < 1.29 is 9.18 Å². The lowest BCUT2D eigenvalue weighted by Gasteiger charge is -2.18. The van der Waals surface area contributed by atoms with Gasteiger partial charge in [0.2, 0.25) is 5.91 Å². The van der Waals surface area contributed by atoms with E-state index in [1.165, 1.54) is 12.1 Å². The molecule has 0 spiro atoms. The van der Waals surface area contributed by atoms with Gasteiger partial charge in [-0.2, -0.15) is 0 Å². The summed E-state index contributed by atoms with van der Waals surface area (Å²) >= 11 is 0. The van der Waals surface area contributed by atoms with Gasteiger partial charge in [-0.1, -0.05) is 44.2 Å². The van der Waals surface area contributed by atoms with Gasteiger partial charge in [0, 0.05) is 43.0 Å². The molecule has 0 radical (unpaired) electrons. The highest BCUT2D eigenvalue weighted by molar-refractivity contribution is 5.86. The monoisotopic (exact) mass is 352 g/mol. The number of carbonyl (C=O) groups excluding carboxylic acids is 1. The molecule has 3 rings (SSSR count). The van der Waals surface area contributed by atoms with Gasteiger partial charge < -0.3 is 9.88 Å². The molecule has 0 bridgehead atoms. The lowest BCUT2D eigenvalue weighted by atomic mass is 9.88. The maximum Gasteiger partial charge on any atom is 0.220 e. The molecule has 136 valence electrons. The lowest BCUT2D eigenvalue weighted by molar-refractivity contribution is -0.121. The third-order valence-corrected chi connectivity index (χ3v) is 4.67. The molecule has 0 aliphatic carbocycles. The second-order valence-electron chi connectivity index (χ2n) is 7.22. The first-order valence-electron chi connectivity index (χ1n) is 9.02. The van der Waals surface area contributed by atoms with Crippen LogP contribution in [0.4, 0.5) is 4.39 Å². The van der Waals surface area contributed by atoms with Crippen molar-refractivity contribution in [2.75, 3.05) is 6.54 Å². The second kappa shape index (κ2) is 7.73. The molecule has 2 aromatic carbocycles. The highest BCUT2D eigenvalue weighted by Gasteiger charge is 2.22. The highest BCUT2D eigenvalue weighted by atomic mass is 19.1. The number of aromatic nitrogens is 1. The van der Waals surface area contributed by atoms with Gasteiger partial charge in [-0.25, -0.2) is 4.39 Å². The summed E-state index contributed by atoms with van der Waals surface area (Å²) in [5, 5.41) is 4.12. The number of amides is 1. The Labute approximate surface area is 153 Å². The largest absolute Gasteiger partial charge is 0.356 e. The number of nitrogens with zero attached hydrogens (tertiary/aromatic N) is 1. The number of hydrogen-bond acceptors (Lipinski definition) is 1. The maximum atomic E-state index is 13.4. The summed E-state index contributed by atoms with van der Waals surface area (Å²) in [7, 11) is 2.01. The normalized spacial score (nSPS) is 12.5. The Kier molecular flexibility index (Phi) is 5.40. The maximum absolute atomic E-state index is 13.4. The van der Waals surface area contributed by atoms with Crippen LogP contribution in [0.2, 0.25) is 0 Å². The van der Waals surface area contributed by atoms with Crippen LogP contribution < -0.4 is 5.32 Å². The van der Waals surface area contributed by atoms with Gasteiger partial charge in [0.25, 0.3) is 0 Å².